The van der Waals surface area contributed by atoms with Crippen molar-refractivity contribution in [3.05, 3.63) is 59.1 Å². The number of thioether (sulfide) groups is 1. The van der Waals surface area contributed by atoms with E-state index in [9.17, 15) is 4.79 Å². The lowest BCUT2D eigenvalue weighted by Crippen LogP contribution is -2.51. The van der Waals surface area contributed by atoms with E-state index >= 15 is 0 Å². The zero-order chi connectivity index (χ0) is 21.8. The van der Waals surface area contributed by atoms with E-state index in [2.05, 4.69) is 31.4 Å². The fourth-order valence-corrected chi connectivity index (χ4v) is 4.45. The van der Waals surface area contributed by atoms with E-state index < -0.39 is 0 Å². The summed E-state index contributed by atoms with van der Waals surface area (Å²) >= 11 is 1.36. The van der Waals surface area contributed by atoms with Gasteiger partial charge in [-0.15, -0.1) is 0 Å². The van der Waals surface area contributed by atoms with Crippen LogP contribution in [0, 0.1) is 0 Å². The first kappa shape index (κ1) is 22.2. The highest BCUT2D eigenvalue weighted by molar-refractivity contribution is 8.12. The maximum absolute atomic E-state index is 13.2. The summed E-state index contributed by atoms with van der Waals surface area (Å²) in [5.74, 6) is 0.825. The number of carbonyl (C=O) groups is 1. The average molecular weight is 426 g/mol. The Kier molecular flexibility index (Phi) is 7.10. The molecule has 1 fully saturated rings. The molecule has 0 bridgehead atoms. The maximum atomic E-state index is 13.2. The first-order valence-corrected chi connectivity index (χ1v) is 11.1. The molecule has 160 valence electrons. The van der Waals surface area contributed by atoms with Gasteiger partial charge in [-0.25, -0.2) is 0 Å². The lowest BCUT2D eigenvalue weighted by Gasteiger charge is -2.37. The molecule has 30 heavy (non-hydrogen) atoms. The van der Waals surface area contributed by atoms with Crippen LogP contribution in [-0.2, 0) is 4.79 Å². The number of benzene rings is 2. The van der Waals surface area contributed by atoms with Crippen molar-refractivity contribution < 1.29 is 9.53 Å². The van der Waals surface area contributed by atoms with Gasteiger partial charge in [0.15, 0.2) is 0 Å². The van der Waals surface area contributed by atoms with Gasteiger partial charge in [0.2, 0.25) is 0 Å². The van der Waals surface area contributed by atoms with Gasteiger partial charge in [-0.2, -0.15) is 0 Å². The summed E-state index contributed by atoms with van der Waals surface area (Å²) in [7, 11) is 1.66. The van der Waals surface area contributed by atoms with E-state index in [1.165, 1.54) is 11.8 Å². The van der Waals surface area contributed by atoms with Crippen LogP contribution < -0.4 is 10.5 Å². The molecular weight excluding hydrogens is 394 g/mol. The molecule has 0 radical (unpaired) electrons. The van der Waals surface area contributed by atoms with E-state index in [1.54, 1.807) is 14.0 Å². The Morgan fingerprint density at radius 3 is 2.33 bits per heavy atom. The number of carbonyl (C=O) groups excluding carboxylic acids is 1. The van der Waals surface area contributed by atoms with Crippen LogP contribution in [0.25, 0.3) is 15.7 Å². The normalized spacial score (nSPS) is 16.0. The zero-order valence-electron chi connectivity index (χ0n) is 18.3. The minimum atomic E-state index is -0.00455. The number of ether oxygens (including phenoxy) is 1. The number of nitrogens with two attached hydrogens (primary N) is 1. The van der Waals surface area contributed by atoms with Crippen molar-refractivity contribution in [3.63, 3.8) is 0 Å². The molecule has 0 atom stereocenters. The van der Waals surface area contributed by atoms with Crippen LogP contribution in [0.3, 0.4) is 0 Å². The predicted molar refractivity (Wildman–Crippen MR) is 127 cm³/mol. The molecule has 3 rings (SSSR count). The number of allylic oxidation sites excluding steroid dienone is 1. The third-order valence-electron chi connectivity index (χ3n) is 5.48. The Morgan fingerprint density at radius 2 is 1.73 bits per heavy atom. The van der Waals surface area contributed by atoms with E-state index in [1.807, 2.05) is 35.2 Å². The van der Waals surface area contributed by atoms with E-state index in [0.717, 1.165) is 53.2 Å². The van der Waals surface area contributed by atoms with Gasteiger partial charge in [-0.3, -0.25) is 9.69 Å². The Bertz CT molecular complexity index is 972. The summed E-state index contributed by atoms with van der Waals surface area (Å²) in [5, 5.41) is 2.20. The summed E-state index contributed by atoms with van der Waals surface area (Å²) in [4.78, 5) is 18.8. The lowest BCUT2D eigenvalue weighted by atomic mass is 10.1. The molecule has 2 N–H and O–H groups in total. The average Bonchev–Trinajstić information content (AvgIpc) is 2.75. The van der Waals surface area contributed by atoms with E-state index in [0.29, 0.717) is 16.6 Å². The van der Waals surface area contributed by atoms with Crippen molar-refractivity contribution in [2.24, 2.45) is 5.73 Å². The van der Waals surface area contributed by atoms with Crippen LogP contribution in [0.4, 0.5) is 0 Å². The topological polar surface area (TPSA) is 58.8 Å². The molecule has 1 saturated heterocycles. The first-order valence-electron chi connectivity index (χ1n) is 10.2. The monoisotopic (exact) mass is 425 g/mol. The molecule has 0 saturated carbocycles. The van der Waals surface area contributed by atoms with Gasteiger partial charge in [0.25, 0.3) is 5.91 Å². The standard InChI is InChI=1S/C24H31N3O2S/c1-16(2)26-10-12-27(13-11-26)24(28)23(17(3)25)30-18(4)19-6-7-21-15-22(29-5)9-8-20(21)14-19/h6-9,14-16H,4,10-13,25H2,1-3,5H3/b23-17-. The highest BCUT2D eigenvalue weighted by atomic mass is 32.2. The smallest absolute Gasteiger partial charge is 0.262 e. The maximum Gasteiger partial charge on any atom is 0.262 e. The highest BCUT2D eigenvalue weighted by Gasteiger charge is 2.26. The Morgan fingerprint density at radius 1 is 1.10 bits per heavy atom. The molecule has 5 nitrogen and oxygen atoms in total. The number of rotatable bonds is 6. The minimum absolute atomic E-state index is 0.00455. The van der Waals surface area contributed by atoms with Crippen molar-refractivity contribution >= 4 is 33.3 Å². The zero-order valence-corrected chi connectivity index (χ0v) is 19.1. The Labute approximate surface area is 183 Å². The molecule has 2 aromatic rings. The second kappa shape index (κ2) is 9.58. The molecule has 6 heteroatoms. The van der Waals surface area contributed by atoms with Crippen molar-refractivity contribution in [2.75, 3.05) is 33.3 Å². The number of piperazine rings is 1. The quantitative estimate of drug-likeness (QED) is 0.700. The summed E-state index contributed by atoms with van der Waals surface area (Å²) in [5.41, 5.74) is 7.63. The number of hydrogen-bond acceptors (Lipinski definition) is 5. The van der Waals surface area contributed by atoms with Gasteiger partial charge in [0.1, 0.15) is 5.75 Å². The third-order valence-corrected chi connectivity index (χ3v) is 6.66. The second-order valence-corrected chi connectivity index (χ2v) is 8.99. The number of methoxy groups -OCH3 is 1. The highest BCUT2D eigenvalue weighted by Crippen LogP contribution is 2.36. The van der Waals surface area contributed by atoms with Crippen LogP contribution in [0.15, 0.2) is 53.6 Å². The van der Waals surface area contributed by atoms with Crippen molar-refractivity contribution in [1.29, 1.82) is 0 Å². The van der Waals surface area contributed by atoms with Gasteiger partial charge in [0, 0.05) is 42.8 Å². The number of amides is 1. The summed E-state index contributed by atoms with van der Waals surface area (Å²) < 4.78 is 5.30. The van der Waals surface area contributed by atoms with Crippen LogP contribution >= 0.6 is 11.8 Å². The molecule has 1 amide bonds. The summed E-state index contributed by atoms with van der Waals surface area (Å²) in [6.45, 7) is 13.6. The van der Waals surface area contributed by atoms with Crippen molar-refractivity contribution in [1.82, 2.24) is 9.80 Å². The number of nitrogens with zero attached hydrogens (tertiary/aromatic N) is 2. The van der Waals surface area contributed by atoms with Crippen LogP contribution in [-0.4, -0.2) is 55.0 Å². The molecule has 0 unspecified atom stereocenters. The fourth-order valence-electron chi connectivity index (χ4n) is 3.58. The molecule has 1 aliphatic rings. The molecule has 2 aromatic carbocycles. The SMILES string of the molecule is C=C(S/C(C(=O)N1CCN(C(C)C)CC1)=C(/C)N)c1ccc2cc(OC)ccc2c1. The van der Waals surface area contributed by atoms with Crippen LogP contribution in [0.2, 0.25) is 0 Å². The van der Waals surface area contributed by atoms with Crippen molar-refractivity contribution in [3.8, 4) is 5.75 Å². The third kappa shape index (κ3) is 4.99. The molecule has 1 aliphatic heterocycles. The summed E-state index contributed by atoms with van der Waals surface area (Å²) in [6.07, 6.45) is 0. The first-order chi connectivity index (χ1) is 14.3. The Balaban J connectivity index is 1.74. The van der Waals surface area contributed by atoms with Gasteiger partial charge in [-0.1, -0.05) is 36.5 Å². The fraction of sp³-hybridized carbons (Fsp3) is 0.375. The minimum Gasteiger partial charge on any atom is -0.497 e. The van der Waals surface area contributed by atoms with Gasteiger partial charge >= 0.3 is 0 Å². The van der Waals surface area contributed by atoms with Gasteiger partial charge in [0.05, 0.1) is 12.0 Å². The second-order valence-electron chi connectivity index (χ2n) is 7.89. The summed E-state index contributed by atoms with van der Waals surface area (Å²) in [6, 6.07) is 12.6. The number of hydrogen-bond donors (Lipinski definition) is 1. The molecule has 1 heterocycles. The van der Waals surface area contributed by atoms with E-state index in [4.69, 9.17) is 10.5 Å². The molecule has 0 spiro atoms. The number of fused-ring (bicyclic) bond motifs is 1. The van der Waals surface area contributed by atoms with E-state index in [-0.39, 0.29) is 5.91 Å². The molecular formula is C24H31N3O2S. The Hall–Kier alpha value is -2.44. The molecule has 0 aliphatic carbocycles. The molecule has 0 aromatic heterocycles. The predicted octanol–water partition coefficient (Wildman–Crippen LogP) is 4.30. The van der Waals surface area contributed by atoms with Crippen LogP contribution in [0.1, 0.15) is 26.3 Å². The van der Waals surface area contributed by atoms with Crippen molar-refractivity contribution in [2.45, 2.75) is 26.8 Å². The largest absolute Gasteiger partial charge is 0.497 e. The van der Waals surface area contributed by atoms with Crippen LogP contribution in [0.5, 0.6) is 5.75 Å². The van der Waals surface area contributed by atoms with Gasteiger partial charge in [-0.05, 0) is 55.3 Å². The van der Waals surface area contributed by atoms with Gasteiger partial charge < -0.3 is 15.4 Å². The lowest BCUT2D eigenvalue weighted by molar-refractivity contribution is -0.128.